The monoisotopic (exact) mass is 314 g/mol. The van der Waals surface area contributed by atoms with Crippen LogP contribution in [-0.2, 0) is 22.3 Å². The second-order valence-electron chi connectivity index (χ2n) is 5.86. The second-order valence-corrected chi connectivity index (χ2v) is 5.86. The average molecular weight is 314 g/mol. The lowest BCUT2D eigenvalue weighted by Gasteiger charge is -2.20. The molecular formula is C17H21F3O2. The summed E-state index contributed by atoms with van der Waals surface area (Å²) in [5.74, 6) is 0.145. The van der Waals surface area contributed by atoms with E-state index in [1.807, 2.05) is 0 Å². The average Bonchev–Trinajstić information content (AvgIpc) is 2.51. The van der Waals surface area contributed by atoms with Crippen molar-refractivity contribution in [2.75, 3.05) is 0 Å². The highest BCUT2D eigenvalue weighted by molar-refractivity contribution is 5.69. The highest BCUT2D eigenvalue weighted by atomic mass is 19.4. The maximum absolute atomic E-state index is 12.8. The van der Waals surface area contributed by atoms with E-state index in [0.29, 0.717) is 12.3 Å². The standard InChI is InChI=1S/C17H21F3O2/c18-17(19,20)15-9-5-4-8-14(15)12-22-16(21)11-10-13-6-2-1-3-7-13/h4-5,8-9,13H,1-3,6-7,10-12H2. The molecule has 5 heteroatoms. The summed E-state index contributed by atoms with van der Waals surface area (Å²) >= 11 is 0. The van der Waals surface area contributed by atoms with Gasteiger partial charge < -0.3 is 4.74 Å². The molecule has 0 spiro atoms. The molecule has 1 fully saturated rings. The maximum atomic E-state index is 12.8. The van der Waals surface area contributed by atoms with E-state index in [1.165, 1.54) is 37.5 Å². The van der Waals surface area contributed by atoms with Crippen molar-refractivity contribution in [3.8, 4) is 0 Å². The molecule has 0 radical (unpaired) electrons. The van der Waals surface area contributed by atoms with Crippen molar-refractivity contribution in [2.24, 2.45) is 5.92 Å². The molecule has 0 atom stereocenters. The first kappa shape index (κ1) is 16.8. The van der Waals surface area contributed by atoms with Crippen molar-refractivity contribution in [1.82, 2.24) is 0 Å². The zero-order valence-corrected chi connectivity index (χ0v) is 12.5. The minimum Gasteiger partial charge on any atom is -0.461 e. The second kappa shape index (κ2) is 7.65. The molecule has 22 heavy (non-hydrogen) atoms. The predicted octanol–water partition coefficient (Wildman–Crippen LogP) is 5.11. The van der Waals surface area contributed by atoms with E-state index >= 15 is 0 Å². The van der Waals surface area contributed by atoms with Gasteiger partial charge in [-0.1, -0.05) is 50.3 Å². The van der Waals surface area contributed by atoms with E-state index in [1.54, 1.807) is 0 Å². The van der Waals surface area contributed by atoms with Crippen LogP contribution in [0.25, 0.3) is 0 Å². The molecule has 0 aliphatic heterocycles. The third-order valence-corrected chi connectivity index (χ3v) is 4.19. The van der Waals surface area contributed by atoms with Crippen molar-refractivity contribution in [3.05, 3.63) is 35.4 Å². The van der Waals surface area contributed by atoms with Gasteiger partial charge in [0.2, 0.25) is 0 Å². The van der Waals surface area contributed by atoms with Crippen molar-refractivity contribution in [1.29, 1.82) is 0 Å². The SMILES string of the molecule is O=C(CCC1CCCCC1)OCc1ccccc1C(F)(F)F. The Kier molecular flexibility index (Phi) is 5.86. The summed E-state index contributed by atoms with van der Waals surface area (Å²) in [6.07, 6.45) is 2.60. The molecule has 0 amide bonds. The fourth-order valence-corrected chi connectivity index (χ4v) is 2.95. The van der Waals surface area contributed by atoms with Gasteiger partial charge in [-0.3, -0.25) is 4.79 Å². The molecule has 122 valence electrons. The number of benzene rings is 1. The predicted molar refractivity (Wildman–Crippen MR) is 77.0 cm³/mol. The molecule has 0 aromatic heterocycles. The van der Waals surface area contributed by atoms with E-state index in [4.69, 9.17) is 4.74 Å². The van der Waals surface area contributed by atoms with Gasteiger partial charge in [-0.2, -0.15) is 13.2 Å². The van der Waals surface area contributed by atoms with Crippen LogP contribution in [0.4, 0.5) is 13.2 Å². The van der Waals surface area contributed by atoms with Gasteiger partial charge in [-0.05, 0) is 18.4 Å². The molecule has 0 N–H and O–H groups in total. The van der Waals surface area contributed by atoms with Gasteiger partial charge in [0.25, 0.3) is 0 Å². The lowest BCUT2D eigenvalue weighted by atomic mass is 9.86. The Hall–Kier alpha value is -1.52. The number of esters is 1. The molecule has 0 unspecified atom stereocenters. The zero-order valence-electron chi connectivity index (χ0n) is 12.5. The van der Waals surface area contributed by atoms with Crippen LogP contribution in [0.3, 0.4) is 0 Å². The van der Waals surface area contributed by atoms with E-state index in [2.05, 4.69) is 0 Å². The molecule has 1 aliphatic carbocycles. The minimum atomic E-state index is -4.43. The Labute approximate surface area is 128 Å². The quantitative estimate of drug-likeness (QED) is 0.706. The molecule has 0 saturated heterocycles. The zero-order chi connectivity index (χ0) is 16.0. The summed E-state index contributed by atoms with van der Waals surface area (Å²) in [5.41, 5.74) is -0.740. The van der Waals surface area contributed by atoms with Crippen LogP contribution in [0.15, 0.2) is 24.3 Å². The van der Waals surface area contributed by atoms with E-state index < -0.39 is 17.7 Å². The summed E-state index contributed by atoms with van der Waals surface area (Å²) in [4.78, 5) is 11.7. The normalized spacial score (nSPS) is 16.5. The number of rotatable bonds is 5. The number of halogens is 3. The van der Waals surface area contributed by atoms with Crippen LogP contribution in [-0.4, -0.2) is 5.97 Å². The molecule has 2 rings (SSSR count). The van der Waals surface area contributed by atoms with Crippen LogP contribution >= 0.6 is 0 Å². The Bertz CT molecular complexity index is 491. The summed E-state index contributed by atoms with van der Waals surface area (Å²) in [7, 11) is 0. The van der Waals surface area contributed by atoms with E-state index in [0.717, 1.165) is 25.3 Å². The van der Waals surface area contributed by atoms with E-state index in [-0.39, 0.29) is 12.2 Å². The third-order valence-electron chi connectivity index (χ3n) is 4.19. The van der Waals surface area contributed by atoms with Crippen LogP contribution < -0.4 is 0 Å². The van der Waals surface area contributed by atoms with Gasteiger partial charge in [-0.25, -0.2) is 0 Å². The van der Waals surface area contributed by atoms with Gasteiger partial charge in [-0.15, -0.1) is 0 Å². The van der Waals surface area contributed by atoms with Gasteiger partial charge in [0.05, 0.1) is 5.56 Å². The number of carbonyl (C=O) groups is 1. The van der Waals surface area contributed by atoms with Crippen molar-refractivity contribution < 1.29 is 22.7 Å². The van der Waals surface area contributed by atoms with Crippen LogP contribution in [0.1, 0.15) is 56.1 Å². The Morgan fingerprint density at radius 1 is 1.14 bits per heavy atom. The smallest absolute Gasteiger partial charge is 0.416 e. The van der Waals surface area contributed by atoms with Gasteiger partial charge >= 0.3 is 12.1 Å². The first-order valence-corrected chi connectivity index (χ1v) is 7.77. The first-order chi connectivity index (χ1) is 10.5. The fraction of sp³-hybridized carbons (Fsp3) is 0.588. The Balaban J connectivity index is 1.81. The molecule has 2 nitrogen and oxygen atoms in total. The third kappa shape index (κ3) is 5.04. The van der Waals surface area contributed by atoms with Crippen molar-refractivity contribution in [2.45, 2.75) is 57.7 Å². The number of hydrogen-bond acceptors (Lipinski definition) is 2. The minimum absolute atomic E-state index is 0.000941. The van der Waals surface area contributed by atoms with E-state index in [9.17, 15) is 18.0 Å². The molecule has 1 aromatic carbocycles. The highest BCUT2D eigenvalue weighted by Gasteiger charge is 2.33. The number of carbonyl (C=O) groups excluding carboxylic acids is 1. The summed E-state index contributed by atoms with van der Waals surface area (Å²) in [5, 5.41) is 0. The van der Waals surface area contributed by atoms with Crippen molar-refractivity contribution in [3.63, 3.8) is 0 Å². The van der Waals surface area contributed by atoms with Crippen LogP contribution in [0, 0.1) is 5.92 Å². The number of ether oxygens (including phenoxy) is 1. The molecular weight excluding hydrogens is 293 g/mol. The van der Waals surface area contributed by atoms with Crippen LogP contribution in [0.2, 0.25) is 0 Å². The number of hydrogen-bond donors (Lipinski definition) is 0. The maximum Gasteiger partial charge on any atom is 0.416 e. The molecule has 1 aliphatic rings. The Morgan fingerprint density at radius 2 is 1.82 bits per heavy atom. The first-order valence-electron chi connectivity index (χ1n) is 7.77. The molecule has 1 aromatic rings. The molecule has 1 saturated carbocycles. The van der Waals surface area contributed by atoms with Gasteiger partial charge in [0.1, 0.15) is 6.61 Å². The summed E-state index contributed by atoms with van der Waals surface area (Å²) in [6.45, 7) is -0.320. The summed E-state index contributed by atoms with van der Waals surface area (Å²) in [6, 6.07) is 5.19. The topological polar surface area (TPSA) is 26.3 Å². The van der Waals surface area contributed by atoms with Crippen LogP contribution in [0.5, 0.6) is 0 Å². The van der Waals surface area contributed by atoms with Gasteiger partial charge in [0.15, 0.2) is 0 Å². The van der Waals surface area contributed by atoms with Crippen molar-refractivity contribution >= 4 is 5.97 Å². The van der Waals surface area contributed by atoms with Gasteiger partial charge in [0, 0.05) is 12.0 Å². The molecule has 0 heterocycles. The summed E-state index contributed by atoms with van der Waals surface area (Å²) < 4.78 is 43.5. The number of alkyl halides is 3. The highest BCUT2D eigenvalue weighted by Crippen LogP contribution is 2.32. The lowest BCUT2D eigenvalue weighted by Crippen LogP contribution is -2.13. The molecule has 0 bridgehead atoms. The largest absolute Gasteiger partial charge is 0.461 e. The lowest BCUT2D eigenvalue weighted by molar-refractivity contribution is -0.148. The Morgan fingerprint density at radius 3 is 2.50 bits per heavy atom. The fourth-order valence-electron chi connectivity index (χ4n) is 2.95.